The SMILES string of the molecule is COCC(=O)Cc1nc(C(C)C)ns1. The zero-order valence-electron chi connectivity index (χ0n) is 8.61. The molecule has 0 fully saturated rings. The first kappa shape index (κ1) is 11.3. The molecule has 0 radical (unpaired) electrons. The van der Waals surface area contributed by atoms with E-state index < -0.39 is 0 Å². The molecule has 0 spiro atoms. The van der Waals surface area contributed by atoms with Gasteiger partial charge in [0.2, 0.25) is 0 Å². The second-order valence-corrected chi connectivity index (χ2v) is 4.19. The van der Waals surface area contributed by atoms with Gasteiger partial charge in [-0.3, -0.25) is 4.79 Å². The van der Waals surface area contributed by atoms with Crippen LogP contribution in [-0.4, -0.2) is 28.9 Å². The first-order chi connectivity index (χ1) is 6.63. The van der Waals surface area contributed by atoms with Gasteiger partial charge < -0.3 is 4.74 Å². The quantitative estimate of drug-likeness (QED) is 0.743. The number of carbonyl (C=O) groups excluding carboxylic acids is 1. The van der Waals surface area contributed by atoms with E-state index in [4.69, 9.17) is 4.74 Å². The summed E-state index contributed by atoms with van der Waals surface area (Å²) in [7, 11) is 1.51. The van der Waals surface area contributed by atoms with Gasteiger partial charge in [-0.15, -0.1) is 0 Å². The monoisotopic (exact) mass is 214 g/mol. The van der Waals surface area contributed by atoms with E-state index in [1.165, 1.54) is 18.6 Å². The molecule has 0 saturated carbocycles. The summed E-state index contributed by atoms with van der Waals surface area (Å²) in [5.74, 6) is 1.17. The zero-order chi connectivity index (χ0) is 10.6. The fourth-order valence-electron chi connectivity index (χ4n) is 0.955. The van der Waals surface area contributed by atoms with Crippen LogP contribution in [0.3, 0.4) is 0 Å². The number of aromatic nitrogens is 2. The third-order valence-corrected chi connectivity index (χ3v) is 2.38. The van der Waals surface area contributed by atoms with Gasteiger partial charge in [-0.05, 0) is 11.5 Å². The highest BCUT2D eigenvalue weighted by Gasteiger charge is 2.10. The van der Waals surface area contributed by atoms with Crippen molar-refractivity contribution < 1.29 is 9.53 Å². The molecule has 0 aliphatic carbocycles. The molecular formula is C9H14N2O2S. The van der Waals surface area contributed by atoms with Gasteiger partial charge >= 0.3 is 0 Å². The second kappa shape index (κ2) is 5.17. The largest absolute Gasteiger partial charge is 0.377 e. The van der Waals surface area contributed by atoms with Crippen LogP contribution in [0.5, 0.6) is 0 Å². The maximum Gasteiger partial charge on any atom is 0.165 e. The minimum absolute atomic E-state index is 0.0407. The van der Waals surface area contributed by atoms with Crippen molar-refractivity contribution in [3.05, 3.63) is 10.8 Å². The normalized spacial score (nSPS) is 10.9. The van der Waals surface area contributed by atoms with Gasteiger partial charge in [-0.1, -0.05) is 13.8 Å². The second-order valence-electron chi connectivity index (χ2n) is 3.35. The Morgan fingerprint density at radius 3 is 2.79 bits per heavy atom. The highest BCUT2D eigenvalue weighted by molar-refractivity contribution is 7.05. The summed E-state index contributed by atoms with van der Waals surface area (Å²) >= 11 is 1.29. The summed E-state index contributed by atoms with van der Waals surface area (Å²) < 4.78 is 8.90. The first-order valence-electron chi connectivity index (χ1n) is 4.46. The van der Waals surface area contributed by atoms with Gasteiger partial charge in [-0.25, -0.2) is 4.98 Å². The highest BCUT2D eigenvalue weighted by Crippen LogP contribution is 2.13. The Labute approximate surface area is 87.5 Å². The molecule has 0 aliphatic heterocycles. The third kappa shape index (κ3) is 3.16. The van der Waals surface area contributed by atoms with E-state index in [1.807, 2.05) is 13.8 Å². The Morgan fingerprint density at radius 1 is 1.57 bits per heavy atom. The lowest BCUT2D eigenvalue weighted by molar-refractivity contribution is -0.121. The van der Waals surface area contributed by atoms with Crippen molar-refractivity contribution in [2.45, 2.75) is 26.2 Å². The molecule has 0 saturated heterocycles. The van der Waals surface area contributed by atoms with E-state index in [1.54, 1.807) is 0 Å². The van der Waals surface area contributed by atoms with Crippen molar-refractivity contribution in [2.75, 3.05) is 13.7 Å². The Balaban J connectivity index is 2.55. The van der Waals surface area contributed by atoms with Crippen molar-refractivity contribution in [3.8, 4) is 0 Å². The lowest BCUT2D eigenvalue weighted by Gasteiger charge is -1.96. The van der Waals surface area contributed by atoms with Crippen molar-refractivity contribution in [2.24, 2.45) is 0 Å². The molecule has 0 N–H and O–H groups in total. The van der Waals surface area contributed by atoms with Crippen LogP contribution in [0.1, 0.15) is 30.6 Å². The van der Waals surface area contributed by atoms with Gasteiger partial charge in [-0.2, -0.15) is 4.37 Å². The highest BCUT2D eigenvalue weighted by atomic mass is 32.1. The molecule has 0 unspecified atom stereocenters. The molecule has 1 heterocycles. The van der Waals surface area contributed by atoms with Gasteiger partial charge in [0.25, 0.3) is 0 Å². The van der Waals surface area contributed by atoms with Crippen LogP contribution in [0.15, 0.2) is 0 Å². The van der Waals surface area contributed by atoms with Crippen LogP contribution in [0.25, 0.3) is 0 Å². The standard InChI is InChI=1S/C9H14N2O2S/c1-6(2)9-10-8(14-11-9)4-7(12)5-13-3/h6H,4-5H2,1-3H3. The third-order valence-electron chi connectivity index (χ3n) is 1.65. The number of ether oxygens (including phenoxy) is 1. The topological polar surface area (TPSA) is 52.1 Å². The minimum Gasteiger partial charge on any atom is -0.377 e. The molecule has 1 aromatic rings. The molecule has 1 aromatic heterocycles. The summed E-state index contributed by atoms with van der Waals surface area (Å²) in [6.07, 6.45) is 0.332. The van der Waals surface area contributed by atoms with Crippen LogP contribution >= 0.6 is 11.5 Å². The molecular weight excluding hydrogens is 200 g/mol. The minimum atomic E-state index is 0.0407. The molecule has 1 rings (SSSR count). The number of nitrogens with zero attached hydrogens (tertiary/aromatic N) is 2. The number of hydrogen-bond acceptors (Lipinski definition) is 5. The first-order valence-corrected chi connectivity index (χ1v) is 5.24. The molecule has 5 heteroatoms. The van der Waals surface area contributed by atoms with E-state index >= 15 is 0 Å². The molecule has 14 heavy (non-hydrogen) atoms. The van der Waals surface area contributed by atoms with Crippen LogP contribution in [0, 0.1) is 0 Å². The van der Waals surface area contributed by atoms with Gasteiger partial charge in [0, 0.05) is 13.0 Å². The summed E-state index contributed by atoms with van der Waals surface area (Å²) in [5, 5.41) is 0.774. The number of carbonyl (C=O) groups is 1. The average molecular weight is 214 g/mol. The number of ketones is 1. The smallest absolute Gasteiger partial charge is 0.165 e. The molecule has 78 valence electrons. The lowest BCUT2D eigenvalue weighted by Crippen LogP contribution is -2.09. The van der Waals surface area contributed by atoms with E-state index in [0.717, 1.165) is 10.8 Å². The molecule has 0 aromatic carbocycles. The van der Waals surface area contributed by atoms with Gasteiger partial charge in [0.15, 0.2) is 5.78 Å². The maximum atomic E-state index is 11.2. The van der Waals surface area contributed by atoms with Crippen molar-refractivity contribution >= 4 is 17.3 Å². The maximum absolute atomic E-state index is 11.2. The lowest BCUT2D eigenvalue weighted by atomic mass is 10.2. The summed E-state index contributed by atoms with van der Waals surface area (Å²) in [4.78, 5) is 15.5. The Hall–Kier alpha value is -0.810. The molecule has 0 amide bonds. The van der Waals surface area contributed by atoms with Crippen molar-refractivity contribution in [1.82, 2.24) is 9.36 Å². The Morgan fingerprint density at radius 2 is 2.29 bits per heavy atom. The Kier molecular flexibility index (Phi) is 4.16. The summed E-state index contributed by atoms with van der Waals surface area (Å²) in [5.41, 5.74) is 0. The van der Waals surface area contributed by atoms with Gasteiger partial charge in [0.05, 0.1) is 6.42 Å². The fourth-order valence-corrected chi connectivity index (χ4v) is 1.77. The molecule has 0 atom stereocenters. The number of methoxy groups -OCH3 is 1. The fraction of sp³-hybridized carbons (Fsp3) is 0.667. The summed E-state index contributed by atoms with van der Waals surface area (Å²) in [6.45, 7) is 4.21. The van der Waals surface area contributed by atoms with E-state index in [9.17, 15) is 4.79 Å². The van der Waals surface area contributed by atoms with E-state index in [2.05, 4.69) is 9.36 Å². The predicted octanol–water partition coefficient (Wildman–Crippen LogP) is 1.42. The van der Waals surface area contributed by atoms with Crippen molar-refractivity contribution in [3.63, 3.8) is 0 Å². The number of hydrogen-bond donors (Lipinski definition) is 0. The van der Waals surface area contributed by atoms with Crippen LogP contribution in [0.2, 0.25) is 0 Å². The van der Waals surface area contributed by atoms with E-state index in [0.29, 0.717) is 12.3 Å². The van der Waals surface area contributed by atoms with Crippen LogP contribution < -0.4 is 0 Å². The number of rotatable bonds is 5. The predicted molar refractivity (Wildman–Crippen MR) is 54.6 cm³/mol. The van der Waals surface area contributed by atoms with Crippen molar-refractivity contribution in [1.29, 1.82) is 0 Å². The van der Waals surface area contributed by atoms with Gasteiger partial charge in [0.1, 0.15) is 17.4 Å². The van der Waals surface area contributed by atoms with E-state index in [-0.39, 0.29) is 12.4 Å². The zero-order valence-corrected chi connectivity index (χ0v) is 9.43. The van der Waals surface area contributed by atoms with Crippen LogP contribution in [-0.2, 0) is 16.0 Å². The average Bonchev–Trinajstić information content (AvgIpc) is 2.53. The summed E-state index contributed by atoms with van der Waals surface area (Å²) in [6, 6.07) is 0. The van der Waals surface area contributed by atoms with Crippen LogP contribution in [0.4, 0.5) is 0 Å². The molecule has 0 aliphatic rings. The molecule has 4 nitrogen and oxygen atoms in total. The Bertz CT molecular complexity index is 310. The molecule has 0 bridgehead atoms. The number of Topliss-reactive ketones (excluding diaryl/α,β-unsaturated/α-hetero) is 1.